The Hall–Kier alpha value is -2.35. The van der Waals surface area contributed by atoms with Gasteiger partial charge >= 0.3 is 6.18 Å². The number of carbonyl (C=O) groups is 1. The number of hydrogen-bond donors (Lipinski definition) is 1. The smallest absolute Gasteiger partial charge is 0.417 e. The first kappa shape index (κ1) is 15.5. The van der Waals surface area contributed by atoms with Crippen molar-refractivity contribution in [3.05, 3.63) is 57.9 Å². The summed E-state index contributed by atoms with van der Waals surface area (Å²) in [5, 5.41) is 3.98. The molecule has 0 radical (unpaired) electrons. The Balaban J connectivity index is 2.05. The second-order valence-electron chi connectivity index (χ2n) is 4.76. The van der Waals surface area contributed by atoms with Gasteiger partial charge in [-0.25, -0.2) is 0 Å². The average molecular weight is 340 g/mol. The number of carbonyl (C=O) groups excluding carboxylic acids is 1. The number of Topliss-reactive ketones (excluding diaryl/α,β-unsaturated/α-hetero) is 1. The summed E-state index contributed by atoms with van der Waals surface area (Å²) in [4.78, 5) is 16.4. The van der Waals surface area contributed by atoms with Crippen LogP contribution in [0, 0.1) is 0 Å². The van der Waals surface area contributed by atoms with Crippen molar-refractivity contribution in [2.24, 2.45) is 0 Å². The number of rotatable bonds is 3. The van der Waals surface area contributed by atoms with Gasteiger partial charge in [-0.05, 0) is 17.5 Å². The second-order valence-corrected chi connectivity index (χ2v) is 5.68. The first-order chi connectivity index (χ1) is 10.9. The second kappa shape index (κ2) is 5.69. The predicted octanol–water partition coefficient (Wildman–Crippen LogP) is 3.39. The van der Waals surface area contributed by atoms with E-state index in [1.807, 2.05) is 0 Å². The van der Waals surface area contributed by atoms with Gasteiger partial charge in [0.2, 0.25) is 5.78 Å². The number of pyridine rings is 1. The van der Waals surface area contributed by atoms with Crippen LogP contribution in [0.4, 0.5) is 13.2 Å². The fraction of sp³-hybridized carbons (Fsp3) is 0.200. The molecule has 1 unspecified atom stereocenters. The highest BCUT2D eigenvalue weighted by Gasteiger charge is 2.42. The summed E-state index contributed by atoms with van der Waals surface area (Å²) in [6.45, 7) is 0. The topological polar surface area (TPSA) is 51.2 Å². The van der Waals surface area contributed by atoms with Crippen LogP contribution in [0.15, 0.2) is 41.9 Å². The molecule has 23 heavy (non-hydrogen) atoms. The molecule has 0 saturated carbocycles. The highest BCUT2D eigenvalue weighted by atomic mass is 32.1. The molecule has 2 aromatic heterocycles. The first-order valence-corrected chi connectivity index (χ1v) is 7.49. The van der Waals surface area contributed by atoms with E-state index in [0.29, 0.717) is 5.56 Å². The summed E-state index contributed by atoms with van der Waals surface area (Å²) >= 11 is 0.859. The van der Waals surface area contributed by atoms with Gasteiger partial charge in [-0.2, -0.15) is 13.2 Å². The van der Waals surface area contributed by atoms with Gasteiger partial charge in [-0.15, -0.1) is 11.3 Å². The molecule has 0 bridgehead atoms. The van der Waals surface area contributed by atoms with Gasteiger partial charge in [0.05, 0.1) is 16.0 Å². The standard InChI is InChI=1S/C15H11F3N2O2S/c1-19-14-10(13-9(4-6-23-13)15(16,17)18)11(21)12(22-14)8-3-2-5-20-7-8/h2-7,12,19H,1H3. The minimum atomic E-state index is -4.53. The quantitative estimate of drug-likeness (QED) is 0.931. The van der Waals surface area contributed by atoms with Crippen LogP contribution in [0.3, 0.4) is 0 Å². The zero-order valence-electron chi connectivity index (χ0n) is 11.8. The summed E-state index contributed by atoms with van der Waals surface area (Å²) in [7, 11) is 1.50. The molecule has 0 saturated heterocycles. The maximum atomic E-state index is 13.1. The molecule has 2 aromatic rings. The number of halogens is 3. The maximum absolute atomic E-state index is 13.1. The van der Waals surface area contributed by atoms with Crippen LogP contribution in [-0.4, -0.2) is 17.8 Å². The van der Waals surface area contributed by atoms with Crippen molar-refractivity contribution in [3.8, 4) is 0 Å². The molecule has 0 spiro atoms. The largest absolute Gasteiger partial charge is 0.462 e. The molecular formula is C15H11F3N2O2S. The number of alkyl halides is 3. The van der Waals surface area contributed by atoms with Crippen molar-refractivity contribution in [3.63, 3.8) is 0 Å². The van der Waals surface area contributed by atoms with Crippen LogP contribution in [-0.2, 0) is 15.7 Å². The Labute approximate surface area is 133 Å². The molecule has 1 atom stereocenters. The van der Waals surface area contributed by atoms with Crippen LogP contribution >= 0.6 is 11.3 Å². The number of thiophene rings is 1. The van der Waals surface area contributed by atoms with Crippen molar-refractivity contribution < 1.29 is 22.7 Å². The summed E-state index contributed by atoms with van der Waals surface area (Å²) in [6, 6.07) is 4.24. The predicted molar refractivity (Wildman–Crippen MR) is 78.4 cm³/mol. The Morgan fingerprint density at radius 2 is 2.13 bits per heavy atom. The van der Waals surface area contributed by atoms with E-state index in [2.05, 4.69) is 10.3 Å². The lowest BCUT2D eigenvalue weighted by Crippen LogP contribution is -2.12. The average Bonchev–Trinajstić information content (AvgIpc) is 3.11. The summed E-state index contributed by atoms with van der Waals surface area (Å²) in [6.07, 6.45) is -2.53. The molecule has 8 heteroatoms. The molecule has 0 aliphatic carbocycles. The van der Waals surface area contributed by atoms with Crippen LogP contribution in [0.5, 0.6) is 0 Å². The third kappa shape index (κ3) is 2.70. The van der Waals surface area contributed by atoms with Crippen LogP contribution in [0.2, 0.25) is 0 Å². The fourth-order valence-corrected chi connectivity index (χ4v) is 3.31. The molecule has 0 aromatic carbocycles. The number of ketones is 1. The fourth-order valence-electron chi connectivity index (χ4n) is 2.35. The zero-order chi connectivity index (χ0) is 16.6. The molecule has 3 heterocycles. The van der Waals surface area contributed by atoms with Gasteiger partial charge in [0.25, 0.3) is 0 Å². The normalized spacial score (nSPS) is 18.3. The SMILES string of the molecule is CNC1=C(c2sccc2C(F)(F)F)C(=O)C(c2cccnc2)O1. The number of ether oxygens (including phenoxy) is 1. The van der Waals surface area contributed by atoms with Crippen LogP contribution < -0.4 is 5.32 Å². The van der Waals surface area contributed by atoms with E-state index < -0.39 is 23.6 Å². The molecule has 120 valence electrons. The monoisotopic (exact) mass is 340 g/mol. The van der Waals surface area contributed by atoms with E-state index in [0.717, 1.165) is 17.4 Å². The van der Waals surface area contributed by atoms with E-state index in [4.69, 9.17) is 4.74 Å². The Bertz CT molecular complexity index is 769. The number of nitrogens with one attached hydrogen (secondary N) is 1. The van der Waals surface area contributed by atoms with Crippen molar-refractivity contribution in [2.75, 3.05) is 7.05 Å². The van der Waals surface area contributed by atoms with Gasteiger partial charge in [0.15, 0.2) is 12.0 Å². The molecular weight excluding hydrogens is 329 g/mol. The van der Waals surface area contributed by atoms with E-state index in [-0.39, 0.29) is 16.3 Å². The van der Waals surface area contributed by atoms with E-state index >= 15 is 0 Å². The maximum Gasteiger partial charge on any atom is 0.417 e. The lowest BCUT2D eigenvalue weighted by atomic mass is 10.0. The first-order valence-electron chi connectivity index (χ1n) is 6.61. The minimum absolute atomic E-state index is 0.0387. The Kier molecular flexibility index (Phi) is 3.85. The lowest BCUT2D eigenvalue weighted by molar-refractivity contribution is -0.137. The van der Waals surface area contributed by atoms with E-state index in [9.17, 15) is 18.0 Å². The summed E-state index contributed by atoms with van der Waals surface area (Å²) < 4.78 is 44.9. The van der Waals surface area contributed by atoms with Crippen molar-refractivity contribution in [2.45, 2.75) is 12.3 Å². The zero-order valence-corrected chi connectivity index (χ0v) is 12.7. The van der Waals surface area contributed by atoms with E-state index in [1.54, 1.807) is 12.1 Å². The Morgan fingerprint density at radius 3 is 2.74 bits per heavy atom. The van der Waals surface area contributed by atoms with Gasteiger partial charge in [0, 0.05) is 25.0 Å². The van der Waals surface area contributed by atoms with Gasteiger partial charge in [0.1, 0.15) is 0 Å². The van der Waals surface area contributed by atoms with Crippen molar-refractivity contribution in [1.29, 1.82) is 0 Å². The molecule has 4 nitrogen and oxygen atoms in total. The lowest BCUT2D eigenvalue weighted by Gasteiger charge is -2.10. The van der Waals surface area contributed by atoms with Crippen molar-refractivity contribution in [1.82, 2.24) is 10.3 Å². The Morgan fingerprint density at radius 1 is 1.35 bits per heavy atom. The molecule has 1 aliphatic heterocycles. The van der Waals surface area contributed by atoms with Gasteiger partial charge in [-0.1, -0.05) is 6.07 Å². The van der Waals surface area contributed by atoms with Crippen LogP contribution in [0.1, 0.15) is 22.1 Å². The molecule has 1 N–H and O–H groups in total. The van der Waals surface area contributed by atoms with Gasteiger partial charge < -0.3 is 10.1 Å². The summed E-state index contributed by atoms with van der Waals surface area (Å²) in [5.74, 6) is -0.480. The van der Waals surface area contributed by atoms with Crippen LogP contribution in [0.25, 0.3) is 5.57 Å². The van der Waals surface area contributed by atoms with Gasteiger partial charge in [-0.3, -0.25) is 9.78 Å². The number of hydrogen-bond acceptors (Lipinski definition) is 5. The third-order valence-electron chi connectivity index (χ3n) is 3.36. The number of nitrogens with zero attached hydrogens (tertiary/aromatic N) is 1. The molecule has 0 amide bonds. The molecule has 0 fully saturated rings. The highest BCUT2D eigenvalue weighted by molar-refractivity contribution is 7.11. The molecule has 3 rings (SSSR count). The summed E-state index contributed by atoms with van der Waals surface area (Å²) in [5.41, 5.74) is -0.428. The minimum Gasteiger partial charge on any atom is -0.462 e. The third-order valence-corrected chi connectivity index (χ3v) is 4.29. The highest BCUT2D eigenvalue weighted by Crippen LogP contribution is 2.44. The molecule has 1 aliphatic rings. The van der Waals surface area contributed by atoms with Crippen molar-refractivity contribution >= 4 is 22.7 Å². The van der Waals surface area contributed by atoms with E-state index in [1.165, 1.54) is 24.8 Å². The number of aromatic nitrogens is 1.